The smallest absolute Gasteiger partial charge is 0.132 e. The monoisotopic (exact) mass is 233 g/mol. The van der Waals surface area contributed by atoms with Crippen molar-refractivity contribution in [3.63, 3.8) is 0 Å². The summed E-state index contributed by atoms with van der Waals surface area (Å²) in [5, 5.41) is 0.709. The molecule has 0 amide bonds. The molecule has 0 saturated heterocycles. The van der Waals surface area contributed by atoms with E-state index in [1.165, 1.54) is 11.8 Å². The van der Waals surface area contributed by atoms with E-state index >= 15 is 0 Å². The van der Waals surface area contributed by atoms with Gasteiger partial charge in [0.2, 0.25) is 0 Å². The first-order valence-electron chi connectivity index (χ1n) is 5.89. The summed E-state index contributed by atoms with van der Waals surface area (Å²) >= 11 is 0. The highest BCUT2D eigenvalue weighted by atomic mass is 19.1. The van der Waals surface area contributed by atoms with Crippen molar-refractivity contribution in [2.75, 3.05) is 13.6 Å². The van der Waals surface area contributed by atoms with E-state index in [9.17, 15) is 4.39 Å². The van der Waals surface area contributed by atoms with E-state index in [0.29, 0.717) is 11.9 Å². The maximum absolute atomic E-state index is 13.9. The van der Waals surface area contributed by atoms with Gasteiger partial charge in [-0.3, -0.25) is 4.90 Å². The molecule has 0 atom stereocenters. The van der Waals surface area contributed by atoms with Gasteiger partial charge in [-0.1, -0.05) is 6.07 Å². The Morgan fingerprint density at radius 1 is 1.35 bits per heavy atom. The van der Waals surface area contributed by atoms with Crippen molar-refractivity contribution in [3.8, 4) is 0 Å². The highest BCUT2D eigenvalue weighted by Gasteiger charge is 2.22. The normalized spacial score (nSPS) is 16.4. The molecule has 1 aromatic carbocycles. The molecule has 1 aliphatic heterocycles. The molecular weight excluding hydrogens is 217 g/mol. The minimum atomic E-state index is -0.160. The number of likely N-dealkylation sites (N-methyl/N-ethyl adjacent to an activating group) is 1. The number of aromatic nitrogens is 1. The number of halogens is 1. The lowest BCUT2D eigenvalue weighted by atomic mass is 10.1. The van der Waals surface area contributed by atoms with Crippen LogP contribution < -0.4 is 5.73 Å². The van der Waals surface area contributed by atoms with Crippen molar-refractivity contribution in [2.45, 2.75) is 19.6 Å². The lowest BCUT2D eigenvalue weighted by Gasteiger charge is -2.25. The van der Waals surface area contributed by atoms with E-state index in [1.807, 2.05) is 6.07 Å². The summed E-state index contributed by atoms with van der Waals surface area (Å²) in [4.78, 5) is 2.24. The molecule has 90 valence electrons. The average molecular weight is 233 g/mol. The van der Waals surface area contributed by atoms with Crippen LogP contribution in [0.5, 0.6) is 0 Å². The minimum absolute atomic E-state index is 0.160. The van der Waals surface area contributed by atoms with Gasteiger partial charge >= 0.3 is 0 Å². The van der Waals surface area contributed by atoms with Crippen LogP contribution in [0.3, 0.4) is 0 Å². The van der Waals surface area contributed by atoms with E-state index in [0.717, 1.165) is 30.7 Å². The molecule has 0 radical (unpaired) electrons. The number of nitrogens with two attached hydrogens (primary N) is 1. The maximum Gasteiger partial charge on any atom is 0.132 e. The average Bonchev–Trinajstić information content (AvgIpc) is 2.63. The number of hydrogen-bond acceptors (Lipinski definition) is 2. The van der Waals surface area contributed by atoms with Gasteiger partial charge in [-0.25, -0.2) is 4.39 Å². The Labute approximate surface area is 99.6 Å². The minimum Gasteiger partial charge on any atom is -0.342 e. The van der Waals surface area contributed by atoms with Gasteiger partial charge in [-0.2, -0.15) is 0 Å². The molecule has 3 rings (SSSR count). The molecule has 0 saturated carbocycles. The third-order valence-corrected chi connectivity index (χ3v) is 3.59. The number of fused-ring (bicyclic) bond motifs is 3. The number of benzene rings is 1. The maximum atomic E-state index is 13.9. The van der Waals surface area contributed by atoms with Crippen LogP contribution in [0.25, 0.3) is 10.9 Å². The Balaban J connectivity index is 2.36. The van der Waals surface area contributed by atoms with Gasteiger partial charge in [-0.05, 0) is 24.7 Å². The van der Waals surface area contributed by atoms with Crippen molar-refractivity contribution in [2.24, 2.45) is 5.73 Å². The molecule has 17 heavy (non-hydrogen) atoms. The van der Waals surface area contributed by atoms with Crippen LogP contribution in [-0.4, -0.2) is 23.1 Å². The van der Waals surface area contributed by atoms with Crippen molar-refractivity contribution in [1.82, 2.24) is 9.47 Å². The topological polar surface area (TPSA) is 34.2 Å². The lowest BCUT2D eigenvalue weighted by Crippen LogP contribution is -2.30. The third-order valence-electron chi connectivity index (χ3n) is 3.59. The molecule has 0 bridgehead atoms. The van der Waals surface area contributed by atoms with Crippen LogP contribution >= 0.6 is 0 Å². The second-order valence-electron chi connectivity index (χ2n) is 4.65. The SMILES string of the molecule is CN1CCn2c(c(CN)c3c(F)cccc32)C1. The zero-order valence-corrected chi connectivity index (χ0v) is 9.91. The molecule has 0 fully saturated rings. The molecule has 2 heterocycles. The number of nitrogens with zero attached hydrogens (tertiary/aromatic N) is 2. The third kappa shape index (κ3) is 1.48. The van der Waals surface area contributed by atoms with Gasteiger partial charge in [0.15, 0.2) is 0 Å². The van der Waals surface area contributed by atoms with E-state index in [1.54, 1.807) is 6.07 Å². The zero-order valence-electron chi connectivity index (χ0n) is 9.91. The zero-order chi connectivity index (χ0) is 12.0. The van der Waals surface area contributed by atoms with Crippen LogP contribution in [0.15, 0.2) is 18.2 Å². The summed E-state index contributed by atoms with van der Waals surface area (Å²) < 4.78 is 16.1. The quantitative estimate of drug-likeness (QED) is 0.813. The van der Waals surface area contributed by atoms with Crippen molar-refractivity contribution < 1.29 is 4.39 Å². The first kappa shape index (κ1) is 10.7. The summed E-state index contributed by atoms with van der Waals surface area (Å²) in [5.74, 6) is -0.160. The van der Waals surface area contributed by atoms with Gasteiger partial charge in [0.25, 0.3) is 0 Å². The van der Waals surface area contributed by atoms with Gasteiger partial charge in [0, 0.05) is 37.3 Å². The van der Waals surface area contributed by atoms with Crippen LogP contribution in [0.2, 0.25) is 0 Å². The highest BCUT2D eigenvalue weighted by Crippen LogP contribution is 2.30. The summed E-state index contributed by atoms with van der Waals surface area (Å²) in [7, 11) is 2.08. The molecule has 0 aliphatic carbocycles. The largest absolute Gasteiger partial charge is 0.342 e. The molecule has 2 aromatic rings. The van der Waals surface area contributed by atoms with E-state index in [-0.39, 0.29) is 5.82 Å². The predicted molar refractivity (Wildman–Crippen MR) is 66.1 cm³/mol. The first-order valence-corrected chi connectivity index (χ1v) is 5.89. The fraction of sp³-hybridized carbons (Fsp3) is 0.385. The Bertz CT molecular complexity index is 574. The predicted octanol–water partition coefficient (Wildman–Crippen LogP) is 1.68. The van der Waals surface area contributed by atoms with Crippen LogP contribution in [-0.2, 0) is 19.6 Å². The standard InChI is InChI=1S/C13H16FN3/c1-16-5-6-17-11-4-2-3-10(14)13(11)9(7-15)12(17)8-16/h2-4H,5-8,15H2,1H3. The number of rotatable bonds is 1. The van der Waals surface area contributed by atoms with Gasteiger partial charge in [-0.15, -0.1) is 0 Å². The van der Waals surface area contributed by atoms with Gasteiger partial charge in [0.1, 0.15) is 5.82 Å². The Morgan fingerprint density at radius 2 is 2.18 bits per heavy atom. The van der Waals surface area contributed by atoms with Gasteiger partial charge < -0.3 is 10.3 Å². The van der Waals surface area contributed by atoms with E-state index < -0.39 is 0 Å². The van der Waals surface area contributed by atoms with Crippen molar-refractivity contribution >= 4 is 10.9 Å². The lowest BCUT2D eigenvalue weighted by molar-refractivity contribution is 0.271. The van der Waals surface area contributed by atoms with Crippen LogP contribution in [0.4, 0.5) is 4.39 Å². The second kappa shape index (κ2) is 3.82. The summed E-state index contributed by atoms with van der Waals surface area (Å²) in [5.41, 5.74) is 8.91. The van der Waals surface area contributed by atoms with E-state index in [2.05, 4.69) is 16.5 Å². The van der Waals surface area contributed by atoms with Crippen molar-refractivity contribution in [1.29, 1.82) is 0 Å². The fourth-order valence-corrected chi connectivity index (χ4v) is 2.75. The first-order chi connectivity index (χ1) is 8.22. The molecule has 1 aromatic heterocycles. The Kier molecular flexibility index (Phi) is 2.42. The van der Waals surface area contributed by atoms with Crippen molar-refractivity contribution in [3.05, 3.63) is 35.3 Å². The molecule has 3 nitrogen and oxygen atoms in total. The second-order valence-corrected chi connectivity index (χ2v) is 4.65. The molecule has 2 N–H and O–H groups in total. The van der Waals surface area contributed by atoms with E-state index in [4.69, 9.17) is 5.73 Å². The Hall–Kier alpha value is -1.39. The fourth-order valence-electron chi connectivity index (χ4n) is 2.75. The van der Waals surface area contributed by atoms with Crippen LogP contribution in [0.1, 0.15) is 11.3 Å². The summed E-state index contributed by atoms with van der Waals surface area (Å²) in [6.07, 6.45) is 0. The summed E-state index contributed by atoms with van der Waals surface area (Å²) in [6, 6.07) is 5.26. The van der Waals surface area contributed by atoms with Gasteiger partial charge in [0.05, 0.1) is 5.52 Å². The Morgan fingerprint density at radius 3 is 2.94 bits per heavy atom. The van der Waals surface area contributed by atoms with Crippen LogP contribution in [0, 0.1) is 5.82 Å². The molecule has 0 spiro atoms. The highest BCUT2D eigenvalue weighted by molar-refractivity contribution is 5.86. The molecule has 0 unspecified atom stereocenters. The molecule has 1 aliphatic rings. The molecular formula is C13H16FN3. The molecule has 4 heteroatoms. The summed E-state index contributed by atoms with van der Waals surface area (Å²) in [6.45, 7) is 3.15. The number of hydrogen-bond donors (Lipinski definition) is 1.